The summed E-state index contributed by atoms with van der Waals surface area (Å²) in [7, 11) is 0. The zero-order valence-corrected chi connectivity index (χ0v) is 16.8. The Morgan fingerprint density at radius 3 is 2.72 bits per heavy atom. The van der Waals surface area contributed by atoms with Crippen molar-refractivity contribution in [1.82, 2.24) is 4.90 Å². The molecule has 1 N–H and O–H groups in total. The van der Waals surface area contributed by atoms with Gasteiger partial charge in [0.1, 0.15) is 11.5 Å². The second kappa shape index (κ2) is 10.2. The molecule has 3 nitrogen and oxygen atoms in total. The summed E-state index contributed by atoms with van der Waals surface area (Å²) in [5.41, 5.74) is 1.32. The first-order valence-electron chi connectivity index (χ1n) is 9.49. The zero-order valence-electron chi connectivity index (χ0n) is 16.0. The lowest BCUT2D eigenvalue weighted by molar-refractivity contribution is -0.119. The van der Waals surface area contributed by atoms with Crippen molar-refractivity contribution in [3.63, 3.8) is 0 Å². The summed E-state index contributed by atoms with van der Waals surface area (Å²) >= 11 is 0. The molecule has 0 radical (unpaired) electrons. The predicted octanol–water partition coefficient (Wildman–Crippen LogP) is 4.95. The zero-order chi connectivity index (χ0) is 17.6. The van der Waals surface area contributed by atoms with E-state index in [0.29, 0.717) is 23.9 Å². The lowest BCUT2D eigenvalue weighted by Gasteiger charge is -2.45. The molecule has 0 aliphatic carbocycles. The molecule has 4 heteroatoms. The van der Waals surface area contributed by atoms with Gasteiger partial charge in [-0.15, -0.1) is 12.4 Å². The topological polar surface area (TPSA) is 40.5 Å². The first-order valence-corrected chi connectivity index (χ1v) is 9.49. The molecular weight excluding hydrogens is 334 g/mol. The number of nitrogens with zero attached hydrogens (tertiary/aromatic N) is 1. The quantitative estimate of drug-likeness (QED) is 0.660. The second-order valence-electron chi connectivity index (χ2n) is 7.67. The molecule has 1 aromatic carbocycles. The van der Waals surface area contributed by atoms with Gasteiger partial charge in [-0.25, -0.2) is 0 Å². The average molecular weight is 368 g/mol. The van der Waals surface area contributed by atoms with Gasteiger partial charge >= 0.3 is 0 Å². The van der Waals surface area contributed by atoms with Crippen molar-refractivity contribution in [2.24, 2.45) is 5.92 Å². The van der Waals surface area contributed by atoms with Gasteiger partial charge in [0.25, 0.3) is 0 Å². The number of piperidine rings is 1. The summed E-state index contributed by atoms with van der Waals surface area (Å²) in [6.07, 6.45) is 5.89. The Labute approximate surface area is 159 Å². The number of ketones is 1. The van der Waals surface area contributed by atoms with Gasteiger partial charge in [-0.2, -0.15) is 0 Å². The van der Waals surface area contributed by atoms with E-state index in [2.05, 4.69) is 31.7 Å². The molecule has 1 saturated heterocycles. The van der Waals surface area contributed by atoms with Crippen LogP contribution in [0.3, 0.4) is 0 Å². The molecule has 0 bridgehead atoms. The molecule has 1 aliphatic rings. The number of likely N-dealkylation sites (tertiary alicyclic amines) is 1. The smallest absolute Gasteiger partial charge is 0.134 e. The SMILES string of the molecule is CCCCCC(=O)CCN1CC[C@](C)(c2cccc(O)c2)[C@@H](C)C1.Cl. The van der Waals surface area contributed by atoms with Gasteiger partial charge in [0.15, 0.2) is 0 Å². The fourth-order valence-corrected chi connectivity index (χ4v) is 3.79. The summed E-state index contributed by atoms with van der Waals surface area (Å²) in [6.45, 7) is 9.71. The van der Waals surface area contributed by atoms with Crippen LogP contribution >= 0.6 is 12.4 Å². The van der Waals surface area contributed by atoms with Crippen LogP contribution < -0.4 is 0 Å². The van der Waals surface area contributed by atoms with Gasteiger partial charge in [-0.05, 0) is 48.4 Å². The maximum Gasteiger partial charge on any atom is 0.134 e. The van der Waals surface area contributed by atoms with E-state index in [1.54, 1.807) is 6.07 Å². The number of carbonyl (C=O) groups excluding carboxylic acids is 1. The minimum Gasteiger partial charge on any atom is -0.508 e. The number of aromatic hydroxyl groups is 1. The third kappa shape index (κ3) is 6.00. The lowest BCUT2D eigenvalue weighted by atomic mass is 9.68. The second-order valence-corrected chi connectivity index (χ2v) is 7.67. The highest BCUT2D eigenvalue weighted by Crippen LogP contribution is 2.40. The summed E-state index contributed by atoms with van der Waals surface area (Å²) in [4.78, 5) is 14.4. The minimum atomic E-state index is 0. The van der Waals surface area contributed by atoms with E-state index in [-0.39, 0.29) is 17.8 Å². The lowest BCUT2D eigenvalue weighted by Crippen LogP contribution is -2.47. The summed E-state index contributed by atoms with van der Waals surface area (Å²) in [5, 5.41) is 9.78. The Balaban J connectivity index is 0.00000312. The molecule has 0 saturated carbocycles. The first-order chi connectivity index (χ1) is 11.5. The Hall–Kier alpha value is -1.06. The highest BCUT2D eigenvalue weighted by Gasteiger charge is 2.37. The Kier molecular flexibility index (Phi) is 8.95. The number of unbranched alkanes of at least 4 members (excludes halogenated alkanes) is 2. The Bertz CT molecular complexity index is 548. The van der Waals surface area contributed by atoms with Gasteiger partial charge in [0.2, 0.25) is 0 Å². The fourth-order valence-electron chi connectivity index (χ4n) is 3.79. The van der Waals surface area contributed by atoms with E-state index in [1.807, 2.05) is 12.1 Å². The Morgan fingerprint density at radius 1 is 1.32 bits per heavy atom. The molecule has 1 fully saturated rings. The van der Waals surface area contributed by atoms with E-state index in [4.69, 9.17) is 0 Å². The molecule has 0 unspecified atom stereocenters. The van der Waals surface area contributed by atoms with Crippen LogP contribution in [0.4, 0.5) is 0 Å². The van der Waals surface area contributed by atoms with E-state index in [1.165, 1.54) is 12.0 Å². The Morgan fingerprint density at radius 2 is 2.08 bits per heavy atom. The number of hydrogen-bond donors (Lipinski definition) is 1. The highest BCUT2D eigenvalue weighted by atomic mass is 35.5. The largest absolute Gasteiger partial charge is 0.508 e. The fraction of sp³-hybridized carbons (Fsp3) is 0.667. The summed E-state index contributed by atoms with van der Waals surface area (Å²) < 4.78 is 0. The van der Waals surface area contributed by atoms with Gasteiger partial charge in [0, 0.05) is 25.9 Å². The van der Waals surface area contributed by atoms with E-state index in [9.17, 15) is 9.90 Å². The van der Waals surface area contributed by atoms with Crippen LogP contribution in [0.25, 0.3) is 0 Å². The van der Waals surface area contributed by atoms with Gasteiger partial charge in [-0.1, -0.05) is 45.7 Å². The highest BCUT2D eigenvalue weighted by molar-refractivity contribution is 5.85. The average Bonchev–Trinajstić information content (AvgIpc) is 2.56. The van der Waals surface area contributed by atoms with Crippen molar-refractivity contribution in [2.45, 2.75) is 64.7 Å². The van der Waals surface area contributed by atoms with Crippen LogP contribution in [0.2, 0.25) is 0 Å². The van der Waals surface area contributed by atoms with Crippen molar-refractivity contribution in [1.29, 1.82) is 0 Å². The molecule has 142 valence electrons. The van der Waals surface area contributed by atoms with E-state index < -0.39 is 0 Å². The molecule has 1 aliphatic heterocycles. The van der Waals surface area contributed by atoms with Crippen LogP contribution in [-0.2, 0) is 10.2 Å². The first kappa shape index (κ1) is 22.0. The van der Waals surface area contributed by atoms with Crippen LogP contribution in [0, 0.1) is 5.92 Å². The van der Waals surface area contributed by atoms with Crippen molar-refractivity contribution in [3.8, 4) is 5.75 Å². The molecular formula is C21H34ClNO2. The normalized spacial score (nSPS) is 23.9. The van der Waals surface area contributed by atoms with E-state index >= 15 is 0 Å². The molecule has 0 amide bonds. The number of rotatable bonds is 8. The van der Waals surface area contributed by atoms with Gasteiger partial charge < -0.3 is 10.0 Å². The van der Waals surface area contributed by atoms with Crippen LogP contribution in [0.5, 0.6) is 5.75 Å². The molecule has 0 spiro atoms. The molecule has 2 rings (SSSR count). The maximum absolute atomic E-state index is 12.0. The molecule has 1 heterocycles. The maximum atomic E-state index is 12.0. The van der Waals surface area contributed by atoms with Crippen LogP contribution in [0.1, 0.15) is 64.9 Å². The van der Waals surface area contributed by atoms with Crippen molar-refractivity contribution >= 4 is 18.2 Å². The molecule has 0 aromatic heterocycles. The third-order valence-corrected chi connectivity index (χ3v) is 5.84. The number of phenols is 1. The molecule has 25 heavy (non-hydrogen) atoms. The number of Topliss-reactive ketones (excluding diaryl/α,β-unsaturated/α-hetero) is 1. The summed E-state index contributed by atoms with van der Waals surface area (Å²) in [6, 6.07) is 7.70. The van der Waals surface area contributed by atoms with Gasteiger partial charge in [0.05, 0.1) is 0 Å². The van der Waals surface area contributed by atoms with Crippen molar-refractivity contribution in [2.75, 3.05) is 19.6 Å². The van der Waals surface area contributed by atoms with Crippen molar-refractivity contribution < 1.29 is 9.90 Å². The molecule has 2 atom stereocenters. The van der Waals surface area contributed by atoms with Gasteiger partial charge in [-0.3, -0.25) is 4.79 Å². The molecule has 1 aromatic rings. The number of phenolic OH excluding ortho intramolecular Hbond substituents is 1. The number of carbonyl (C=O) groups is 1. The van der Waals surface area contributed by atoms with Crippen LogP contribution in [-0.4, -0.2) is 35.4 Å². The van der Waals surface area contributed by atoms with Crippen molar-refractivity contribution in [3.05, 3.63) is 29.8 Å². The summed E-state index contributed by atoms with van der Waals surface area (Å²) in [5.74, 6) is 1.27. The number of halogens is 1. The predicted molar refractivity (Wildman–Crippen MR) is 107 cm³/mol. The van der Waals surface area contributed by atoms with E-state index in [0.717, 1.165) is 45.3 Å². The third-order valence-electron chi connectivity index (χ3n) is 5.84. The number of benzene rings is 1. The standard InChI is InChI=1S/C21H33NO2.ClH/c1-4-5-6-9-19(23)11-13-22-14-12-21(3,17(2)16-22)18-8-7-10-20(24)15-18;/h7-8,10,15,17,24H,4-6,9,11-14,16H2,1-3H3;1H/t17-,21-;/m0./s1. The monoisotopic (exact) mass is 367 g/mol. The van der Waals surface area contributed by atoms with Crippen LogP contribution in [0.15, 0.2) is 24.3 Å². The number of hydrogen-bond acceptors (Lipinski definition) is 3. The minimum absolute atomic E-state index is 0.